The van der Waals surface area contributed by atoms with Crippen molar-refractivity contribution in [2.45, 2.75) is 20.3 Å². The van der Waals surface area contributed by atoms with Crippen LogP contribution in [0.4, 0.5) is 0 Å². The van der Waals surface area contributed by atoms with Gasteiger partial charge in [0, 0.05) is 11.5 Å². The second-order valence-corrected chi connectivity index (χ2v) is 3.92. The van der Waals surface area contributed by atoms with Gasteiger partial charge in [0.05, 0.1) is 19.1 Å². The van der Waals surface area contributed by atoms with E-state index in [0.29, 0.717) is 18.6 Å². The lowest BCUT2D eigenvalue weighted by atomic mass is 9.94. The van der Waals surface area contributed by atoms with Crippen LogP contribution in [0.3, 0.4) is 0 Å². The van der Waals surface area contributed by atoms with E-state index < -0.39 is 5.97 Å². The molecule has 4 heteroatoms. The molecule has 0 bridgehead atoms. The SMILES string of the molecule is C=C(C)C(=O)OCC(C)C1CCOC1=O. The summed E-state index contributed by atoms with van der Waals surface area (Å²) < 4.78 is 9.82. The number of rotatable bonds is 4. The maximum absolute atomic E-state index is 11.2. The van der Waals surface area contributed by atoms with Gasteiger partial charge in [-0.3, -0.25) is 4.79 Å². The Bertz CT molecular complexity index is 282. The van der Waals surface area contributed by atoms with Crippen LogP contribution >= 0.6 is 0 Å². The number of hydrogen-bond acceptors (Lipinski definition) is 4. The van der Waals surface area contributed by atoms with Gasteiger partial charge in [-0.05, 0) is 13.3 Å². The summed E-state index contributed by atoms with van der Waals surface area (Å²) in [6.07, 6.45) is 0.713. The molecule has 1 aliphatic rings. The molecule has 1 fully saturated rings. The molecule has 1 aliphatic heterocycles. The maximum atomic E-state index is 11.2. The third-order valence-corrected chi connectivity index (χ3v) is 2.49. The van der Waals surface area contributed by atoms with Crippen molar-refractivity contribution in [2.75, 3.05) is 13.2 Å². The standard InChI is InChI=1S/C11H16O4/c1-7(2)10(12)15-6-8(3)9-4-5-14-11(9)13/h8-9H,1,4-6H2,2-3H3. The van der Waals surface area contributed by atoms with Gasteiger partial charge in [0.25, 0.3) is 0 Å². The molecule has 0 amide bonds. The molecule has 2 atom stereocenters. The number of cyclic esters (lactones) is 1. The Kier molecular flexibility index (Phi) is 3.88. The zero-order chi connectivity index (χ0) is 11.4. The van der Waals surface area contributed by atoms with Gasteiger partial charge in [0.2, 0.25) is 0 Å². The van der Waals surface area contributed by atoms with Gasteiger partial charge in [-0.1, -0.05) is 13.5 Å². The number of ether oxygens (including phenoxy) is 2. The first-order chi connectivity index (χ1) is 7.02. The summed E-state index contributed by atoms with van der Waals surface area (Å²) in [5.74, 6) is -0.728. The highest BCUT2D eigenvalue weighted by molar-refractivity contribution is 5.86. The fraction of sp³-hybridized carbons (Fsp3) is 0.636. The number of hydrogen-bond donors (Lipinski definition) is 0. The van der Waals surface area contributed by atoms with Crippen molar-refractivity contribution in [1.29, 1.82) is 0 Å². The molecule has 1 heterocycles. The van der Waals surface area contributed by atoms with Crippen LogP contribution in [0.1, 0.15) is 20.3 Å². The van der Waals surface area contributed by atoms with Gasteiger partial charge in [0.15, 0.2) is 0 Å². The second kappa shape index (κ2) is 4.96. The molecule has 0 N–H and O–H groups in total. The van der Waals surface area contributed by atoms with Crippen LogP contribution in [0.2, 0.25) is 0 Å². The molecule has 1 saturated heterocycles. The lowest BCUT2D eigenvalue weighted by Crippen LogP contribution is -2.23. The molecule has 1 rings (SSSR count). The lowest BCUT2D eigenvalue weighted by molar-refractivity contribution is -0.146. The zero-order valence-electron chi connectivity index (χ0n) is 9.12. The van der Waals surface area contributed by atoms with Crippen molar-refractivity contribution in [3.8, 4) is 0 Å². The summed E-state index contributed by atoms with van der Waals surface area (Å²) in [5.41, 5.74) is 0.371. The van der Waals surface area contributed by atoms with Crippen LogP contribution in [-0.4, -0.2) is 25.2 Å². The molecule has 15 heavy (non-hydrogen) atoms. The largest absolute Gasteiger partial charge is 0.465 e. The van der Waals surface area contributed by atoms with Gasteiger partial charge in [-0.15, -0.1) is 0 Å². The van der Waals surface area contributed by atoms with E-state index in [2.05, 4.69) is 6.58 Å². The van der Waals surface area contributed by atoms with Crippen LogP contribution in [0, 0.1) is 11.8 Å². The number of carbonyl (C=O) groups excluding carboxylic acids is 2. The fourth-order valence-electron chi connectivity index (χ4n) is 1.47. The Labute approximate surface area is 89.2 Å². The van der Waals surface area contributed by atoms with Crippen molar-refractivity contribution in [1.82, 2.24) is 0 Å². The fourth-order valence-corrected chi connectivity index (χ4v) is 1.47. The first kappa shape index (κ1) is 11.8. The molecule has 84 valence electrons. The summed E-state index contributed by atoms with van der Waals surface area (Å²) in [5, 5.41) is 0. The normalized spacial score (nSPS) is 22.0. The Morgan fingerprint density at radius 3 is 2.87 bits per heavy atom. The Balaban J connectivity index is 2.35. The van der Waals surface area contributed by atoms with Crippen molar-refractivity contribution in [3.63, 3.8) is 0 Å². The van der Waals surface area contributed by atoms with E-state index in [1.807, 2.05) is 6.92 Å². The first-order valence-electron chi connectivity index (χ1n) is 5.01. The van der Waals surface area contributed by atoms with E-state index in [1.165, 1.54) is 0 Å². The van der Waals surface area contributed by atoms with Crippen LogP contribution in [-0.2, 0) is 19.1 Å². The smallest absolute Gasteiger partial charge is 0.333 e. The third kappa shape index (κ3) is 3.08. The van der Waals surface area contributed by atoms with Crippen LogP contribution in [0.5, 0.6) is 0 Å². The minimum atomic E-state index is -0.409. The van der Waals surface area contributed by atoms with Gasteiger partial charge in [0.1, 0.15) is 0 Å². The maximum Gasteiger partial charge on any atom is 0.333 e. The van der Waals surface area contributed by atoms with Crippen LogP contribution in [0.25, 0.3) is 0 Å². The predicted molar refractivity (Wildman–Crippen MR) is 54.0 cm³/mol. The van der Waals surface area contributed by atoms with Crippen LogP contribution < -0.4 is 0 Å². The van der Waals surface area contributed by atoms with E-state index >= 15 is 0 Å². The number of carbonyl (C=O) groups is 2. The predicted octanol–water partition coefficient (Wildman–Crippen LogP) is 1.30. The topological polar surface area (TPSA) is 52.6 Å². The van der Waals surface area contributed by atoms with E-state index in [9.17, 15) is 9.59 Å². The van der Waals surface area contributed by atoms with E-state index in [1.54, 1.807) is 6.92 Å². The summed E-state index contributed by atoms with van der Waals surface area (Å²) in [6, 6.07) is 0. The zero-order valence-corrected chi connectivity index (χ0v) is 9.12. The molecule has 0 radical (unpaired) electrons. The van der Waals surface area contributed by atoms with Crippen molar-refractivity contribution in [3.05, 3.63) is 12.2 Å². The average molecular weight is 212 g/mol. The molecule has 0 aromatic rings. The lowest BCUT2D eigenvalue weighted by Gasteiger charge is -2.15. The minimum absolute atomic E-state index is 0.00306. The van der Waals surface area contributed by atoms with Crippen molar-refractivity contribution in [2.24, 2.45) is 11.8 Å². The molecule has 4 nitrogen and oxygen atoms in total. The second-order valence-electron chi connectivity index (χ2n) is 3.92. The highest BCUT2D eigenvalue weighted by atomic mass is 16.5. The Morgan fingerprint density at radius 1 is 1.73 bits per heavy atom. The molecule has 0 aromatic carbocycles. The van der Waals surface area contributed by atoms with E-state index in [-0.39, 0.29) is 24.4 Å². The molecule has 0 aliphatic carbocycles. The summed E-state index contributed by atoms with van der Waals surface area (Å²) >= 11 is 0. The Morgan fingerprint density at radius 2 is 2.40 bits per heavy atom. The van der Waals surface area contributed by atoms with Crippen LogP contribution in [0.15, 0.2) is 12.2 Å². The minimum Gasteiger partial charge on any atom is -0.465 e. The highest BCUT2D eigenvalue weighted by Gasteiger charge is 2.32. The number of esters is 2. The monoisotopic (exact) mass is 212 g/mol. The van der Waals surface area contributed by atoms with Gasteiger partial charge >= 0.3 is 11.9 Å². The molecule has 0 saturated carbocycles. The average Bonchev–Trinajstić information content (AvgIpc) is 2.60. The molecule has 2 unspecified atom stereocenters. The van der Waals surface area contributed by atoms with E-state index in [4.69, 9.17) is 9.47 Å². The molecular weight excluding hydrogens is 196 g/mol. The molecule has 0 spiro atoms. The summed E-state index contributed by atoms with van der Waals surface area (Å²) in [6.45, 7) is 7.67. The summed E-state index contributed by atoms with van der Waals surface area (Å²) in [4.78, 5) is 22.3. The van der Waals surface area contributed by atoms with Gasteiger partial charge in [-0.2, -0.15) is 0 Å². The Hall–Kier alpha value is -1.32. The summed E-state index contributed by atoms with van der Waals surface area (Å²) in [7, 11) is 0. The van der Waals surface area contributed by atoms with Gasteiger partial charge < -0.3 is 9.47 Å². The molecular formula is C11H16O4. The van der Waals surface area contributed by atoms with Crippen molar-refractivity contribution >= 4 is 11.9 Å². The van der Waals surface area contributed by atoms with Gasteiger partial charge in [-0.25, -0.2) is 4.79 Å². The van der Waals surface area contributed by atoms with E-state index in [0.717, 1.165) is 0 Å². The first-order valence-corrected chi connectivity index (χ1v) is 5.01. The van der Waals surface area contributed by atoms with Crippen molar-refractivity contribution < 1.29 is 19.1 Å². The quantitative estimate of drug-likeness (QED) is 0.520. The molecule has 0 aromatic heterocycles. The highest BCUT2D eigenvalue weighted by Crippen LogP contribution is 2.23. The third-order valence-electron chi connectivity index (χ3n) is 2.49.